The molecule has 0 aliphatic rings. The Morgan fingerprint density at radius 3 is 2.40 bits per heavy atom. The van der Waals surface area contributed by atoms with Gasteiger partial charge >= 0.3 is 0 Å². The highest BCUT2D eigenvalue weighted by Crippen LogP contribution is 2.00. The van der Waals surface area contributed by atoms with Crippen LogP contribution in [0.1, 0.15) is 39.0 Å². The van der Waals surface area contributed by atoms with Crippen LogP contribution in [0.25, 0.3) is 0 Å². The molecule has 0 fully saturated rings. The summed E-state index contributed by atoms with van der Waals surface area (Å²) in [5.74, 6) is 0.976. The fourth-order valence-electron chi connectivity index (χ4n) is 0.822. The molecule has 0 rings (SSSR count). The molecule has 0 aliphatic carbocycles. The molecule has 0 N–H and O–H groups in total. The van der Waals surface area contributed by atoms with Crippen molar-refractivity contribution in [1.82, 2.24) is 0 Å². The Hall–Kier alpha value is 0.0900. The largest absolute Gasteiger partial charge is 0.179 e. The smallest absolute Gasteiger partial charge is 0.00633 e. The Balaban J connectivity index is 2.88. The minimum absolute atomic E-state index is 0.976. The van der Waals surface area contributed by atoms with Crippen LogP contribution in [-0.2, 0) is 0 Å². The van der Waals surface area contributed by atoms with E-state index in [0.29, 0.717) is 0 Å². The van der Waals surface area contributed by atoms with E-state index in [0.717, 1.165) is 12.2 Å². The first-order valence-corrected chi connectivity index (χ1v) is 4.81. The number of allylic oxidation sites excluding steroid dienone is 2. The lowest BCUT2D eigenvalue weighted by Crippen LogP contribution is -1.71. The lowest BCUT2D eigenvalue weighted by molar-refractivity contribution is 0.728. The topological polar surface area (TPSA) is 0 Å². The van der Waals surface area contributed by atoms with Crippen LogP contribution in [0.5, 0.6) is 0 Å². The van der Waals surface area contributed by atoms with E-state index in [1.807, 2.05) is 0 Å². The minimum atomic E-state index is 0.976. The molecule has 0 aliphatic heterocycles. The van der Waals surface area contributed by atoms with E-state index in [1.54, 1.807) is 0 Å². The number of hydrogen-bond donors (Lipinski definition) is 1. The van der Waals surface area contributed by atoms with Crippen LogP contribution in [0.15, 0.2) is 12.2 Å². The molecule has 0 saturated heterocycles. The molecule has 10 heavy (non-hydrogen) atoms. The van der Waals surface area contributed by atoms with Crippen molar-refractivity contribution in [3.63, 3.8) is 0 Å². The van der Waals surface area contributed by atoms with Gasteiger partial charge in [-0.05, 0) is 25.0 Å². The summed E-state index contributed by atoms with van der Waals surface area (Å²) in [5.41, 5.74) is 0. The van der Waals surface area contributed by atoms with Crippen molar-refractivity contribution < 1.29 is 0 Å². The number of hydrogen-bond acceptors (Lipinski definition) is 1. The average molecular weight is 158 g/mol. The van der Waals surface area contributed by atoms with Gasteiger partial charge in [-0.25, -0.2) is 0 Å². The summed E-state index contributed by atoms with van der Waals surface area (Å²) in [6.45, 7) is 2.23. The van der Waals surface area contributed by atoms with Crippen LogP contribution in [-0.4, -0.2) is 5.75 Å². The van der Waals surface area contributed by atoms with E-state index < -0.39 is 0 Å². The lowest BCUT2D eigenvalue weighted by Gasteiger charge is -1.90. The van der Waals surface area contributed by atoms with Crippen molar-refractivity contribution in [3.8, 4) is 0 Å². The molecular formula is C9H18S. The Labute approximate surface area is 70.1 Å². The van der Waals surface area contributed by atoms with Gasteiger partial charge in [-0.15, -0.1) is 0 Å². The molecule has 0 aromatic heterocycles. The molecule has 0 amide bonds. The molecule has 0 saturated carbocycles. The molecule has 0 aromatic rings. The van der Waals surface area contributed by atoms with Crippen LogP contribution in [0.2, 0.25) is 0 Å². The van der Waals surface area contributed by atoms with E-state index >= 15 is 0 Å². The third-order valence-electron chi connectivity index (χ3n) is 1.44. The standard InChI is InChI=1S/C9H18S/c1-2-3-4-5-6-7-8-9-10/h6-7,10H,2-5,8-9H2,1H3. The van der Waals surface area contributed by atoms with Crippen LogP contribution >= 0.6 is 12.6 Å². The maximum absolute atomic E-state index is 4.11. The molecule has 0 nitrogen and oxygen atoms in total. The second-order valence-corrected chi connectivity index (χ2v) is 2.93. The van der Waals surface area contributed by atoms with Gasteiger partial charge in [0, 0.05) is 0 Å². The SMILES string of the molecule is CCCCCC=CCCS. The summed E-state index contributed by atoms with van der Waals surface area (Å²) in [6, 6.07) is 0. The fourth-order valence-corrected chi connectivity index (χ4v) is 0.971. The van der Waals surface area contributed by atoms with Crippen LogP contribution in [0.4, 0.5) is 0 Å². The Morgan fingerprint density at radius 1 is 1.10 bits per heavy atom. The van der Waals surface area contributed by atoms with Crippen molar-refractivity contribution in [2.75, 3.05) is 5.75 Å². The predicted octanol–water partition coefficient (Wildman–Crippen LogP) is 3.44. The van der Waals surface area contributed by atoms with E-state index in [9.17, 15) is 0 Å². The molecule has 0 bridgehead atoms. The molecule has 0 heterocycles. The van der Waals surface area contributed by atoms with Crippen LogP contribution in [0.3, 0.4) is 0 Å². The normalized spacial score (nSPS) is 11.0. The maximum Gasteiger partial charge on any atom is -0.00633 e. The van der Waals surface area contributed by atoms with Gasteiger partial charge in [0.25, 0.3) is 0 Å². The van der Waals surface area contributed by atoms with Crippen molar-refractivity contribution in [2.45, 2.75) is 39.0 Å². The number of rotatable bonds is 6. The first kappa shape index (κ1) is 10.1. The third kappa shape index (κ3) is 8.09. The Morgan fingerprint density at radius 2 is 1.80 bits per heavy atom. The van der Waals surface area contributed by atoms with Gasteiger partial charge in [0.15, 0.2) is 0 Å². The Kier molecular flexibility index (Phi) is 9.17. The highest BCUT2D eigenvalue weighted by atomic mass is 32.1. The summed E-state index contributed by atoms with van der Waals surface area (Å²) in [7, 11) is 0. The molecule has 0 spiro atoms. The highest BCUT2D eigenvalue weighted by Gasteiger charge is 1.80. The zero-order valence-corrected chi connectivity index (χ0v) is 7.74. The van der Waals surface area contributed by atoms with Gasteiger partial charge in [-0.2, -0.15) is 12.6 Å². The first-order valence-electron chi connectivity index (χ1n) is 4.17. The third-order valence-corrected chi connectivity index (χ3v) is 1.69. The predicted molar refractivity (Wildman–Crippen MR) is 51.8 cm³/mol. The molecule has 0 atom stereocenters. The second kappa shape index (κ2) is 9.09. The monoisotopic (exact) mass is 158 g/mol. The van der Waals surface area contributed by atoms with Crippen molar-refractivity contribution >= 4 is 12.6 Å². The number of unbranched alkanes of at least 4 members (excludes halogenated alkanes) is 3. The molecule has 0 unspecified atom stereocenters. The van der Waals surface area contributed by atoms with Crippen LogP contribution in [0, 0.1) is 0 Å². The summed E-state index contributed by atoms with van der Waals surface area (Å²) in [6.07, 6.45) is 10.9. The summed E-state index contributed by atoms with van der Waals surface area (Å²) < 4.78 is 0. The maximum atomic E-state index is 4.11. The van der Waals surface area contributed by atoms with E-state index in [2.05, 4.69) is 31.7 Å². The van der Waals surface area contributed by atoms with Crippen molar-refractivity contribution in [2.24, 2.45) is 0 Å². The Bertz CT molecular complexity index is 76.8. The fraction of sp³-hybridized carbons (Fsp3) is 0.778. The zero-order chi connectivity index (χ0) is 7.66. The van der Waals surface area contributed by atoms with Gasteiger partial charge < -0.3 is 0 Å². The quantitative estimate of drug-likeness (QED) is 0.342. The summed E-state index contributed by atoms with van der Waals surface area (Å²) in [5, 5.41) is 0. The van der Waals surface area contributed by atoms with Gasteiger partial charge in [-0.3, -0.25) is 0 Å². The zero-order valence-electron chi connectivity index (χ0n) is 6.84. The average Bonchev–Trinajstić information content (AvgIpc) is 1.97. The van der Waals surface area contributed by atoms with Gasteiger partial charge in [0.2, 0.25) is 0 Å². The summed E-state index contributed by atoms with van der Waals surface area (Å²) >= 11 is 4.11. The minimum Gasteiger partial charge on any atom is -0.179 e. The molecule has 0 aromatic carbocycles. The van der Waals surface area contributed by atoms with Gasteiger partial charge in [-0.1, -0.05) is 31.9 Å². The second-order valence-electron chi connectivity index (χ2n) is 2.48. The van der Waals surface area contributed by atoms with Crippen LogP contribution < -0.4 is 0 Å². The summed E-state index contributed by atoms with van der Waals surface area (Å²) in [4.78, 5) is 0. The van der Waals surface area contributed by atoms with Gasteiger partial charge in [0.05, 0.1) is 0 Å². The lowest BCUT2D eigenvalue weighted by atomic mass is 10.2. The van der Waals surface area contributed by atoms with E-state index in [-0.39, 0.29) is 0 Å². The number of thiol groups is 1. The highest BCUT2D eigenvalue weighted by molar-refractivity contribution is 7.80. The van der Waals surface area contributed by atoms with E-state index in [1.165, 1.54) is 25.7 Å². The first-order chi connectivity index (χ1) is 4.91. The van der Waals surface area contributed by atoms with Crippen molar-refractivity contribution in [1.29, 1.82) is 0 Å². The molecule has 0 radical (unpaired) electrons. The van der Waals surface area contributed by atoms with Crippen molar-refractivity contribution in [3.05, 3.63) is 12.2 Å². The molecular weight excluding hydrogens is 140 g/mol. The van der Waals surface area contributed by atoms with Gasteiger partial charge in [0.1, 0.15) is 0 Å². The molecule has 1 heteroatoms. The van der Waals surface area contributed by atoms with E-state index in [4.69, 9.17) is 0 Å². The molecule has 60 valence electrons.